The SMILES string of the molecule is C#C[C@@H]1[C@H](O[P@](=O)(NC(C)C(=O)OC)Oc2ccccc2)[C@@H](CO)O[C@@H]1n1ccc(=O)[nH]c1=O. The van der Waals surface area contributed by atoms with Crippen molar-refractivity contribution in [1.29, 1.82) is 0 Å². The average Bonchev–Trinajstić information content (AvgIpc) is 3.15. The maximum absolute atomic E-state index is 13.8. The number of methoxy groups -OCH3 is 1. The molecule has 1 aromatic carbocycles. The second-order valence-electron chi connectivity index (χ2n) is 7.30. The number of carbonyl (C=O) groups is 1. The van der Waals surface area contributed by atoms with Crippen LogP contribution in [0, 0.1) is 18.3 Å². The molecule has 1 aromatic heterocycles. The number of aromatic nitrogens is 2. The zero-order valence-electron chi connectivity index (χ0n) is 18.3. The van der Waals surface area contributed by atoms with Crippen molar-refractivity contribution < 1.29 is 33.0 Å². The van der Waals surface area contributed by atoms with Crippen LogP contribution in [0.3, 0.4) is 0 Å². The number of nitrogens with zero attached hydrogens (tertiary/aromatic N) is 1. The maximum Gasteiger partial charge on any atom is 0.459 e. The van der Waals surface area contributed by atoms with Crippen molar-refractivity contribution in [3.8, 4) is 18.1 Å². The summed E-state index contributed by atoms with van der Waals surface area (Å²) in [5.41, 5.74) is -1.42. The third-order valence-corrected chi connectivity index (χ3v) is 6.65. The molecule has 0 spiro atoms. The van der Waals surface area contributed by atoms with E-state index in [1.807, 2.05) is 0 Å². The molecule has 0 radical (unpaired) electrons. The van der Waals surface area contributed by atoms with Gasteiger partial charge in [0.15, 0.2) is 6.23 Å². The summed E-state index contributed by atoms with van der Waals surface area (Å²) in [6, 6.07) is 8.05. The Bertz CT molecular complexity index is 1210. The summed E-state index contributed by atoms with van der Waals surface area (Å²) >= 11 is 0. The van der Waals surface area contributed by atoms with Crippen molar-refractivity contribution in [3.63, 3.8) is 0 Å². The number of aliphatic hydroxyl groups excluding tert-OH is 1. The van der Waals surface area contributed by atoms with Gasteiger partial charge in [-0.25, -0.2) is 9.36 Å². The number of hydrogen-bond donors (Lipinski definition) is 3. The van der Waals surface area contributed by atoms with Crippen molar-refractivity contribution in [3.05, 3.63) is 63.4 Å². The van der Waals surface area contributed by atoms with E-state index in [4.69, 9.17) is 20.2 Å². The van der Waals surface area contributed by atoms with Gasteiger partial charge in [0.1, 0.15) is 24.0 Å². The van der Waals surface area contributed by atoms with Gasteiger partial charge in [-0.1, -0.05) is 24.1 Å². The average molecular weight is 493 g/mol. The molecule has 2 heterocycles. The number of ether oxygens (including phenoxy) is 2. The minimum absolute atomic E-state index is 0.167. The van der Waals surface area contributed by atoms with Gasteiger partial charge in [-0.2, -0.15) is 5.09 Å². The van der Waals surface area contributed by atoms with Crippen LogP contribution in [0.1, 0.15) is 13.2 Å². The number of rotatable bonds is 9. The van der Waals surface area contributed by atoms with Gasteiger partial charge < -0.3 is 19.1 Å². The zero-order valence-corrected chi connectivity index (χ0v) is 19.2. The molecule has 0 amide bonds. The second-order valence-corrected chi connectivity index (χ2v) is 8.95. The van der Waals surface area contributed by atoms with E-state index in [2.05, 4.69) is 20.7 Å². The fourth-order valence-electron chi connectivity index (χ4n) is 3.38. The van der Waals surface area contributed by atoms with Crippen LogP contribution < -0.4 is 20.9 Å². The van der Waals surface area contributed by atoms with E-state index in [9.17, 15) is 24.1 Å². The molecule has 0 bridgehead atoms. The van der Waals surface area contributed by atoms with Crippen LogP contribution in [-0.4, -0.2) is 52.6 Å². The molecule has 2 aromatic rings. The largest absolute Gasteiger partial charge is 0.468 e. The summed E-state index contributed by atoms with van der Waals surface area (Å²) in [5, 5.41) is 12.4. The van der Waals surface area contributed by atoms with E-state index in [0.29, 0.717) is 0 Å². The first-order chi connectivity index (χ1) is 16.2. The van der Waals surface area contributed by atoms with E-state index in [-0.39, 0.29) is 5.75 Å². The number of aromatic amines is 1. The highest BCUT2D eigenvalue weighted by molar-refractivity contribution is 7.52. The number of benzene rings is 1. The maximum atomic E-state index is 13.8. The summed E-state index contributed by atoms with van der Waals surface area (Å²) in [6.07, 6.45) is 3.37. The van der Waals surface area contributed by atoms with Crippen LogP contribution in [-0.2, 0) is 23.4 Å². The van der Waals surface area contributed by atoms with Crippen molar-refractivity contribution in [1.82, 2.24) is 14.6 Å². The normalized spacial score (nSPS) is 24.5. The minimum atomic E-state index is -4.34. The quantitative estimate of drug-likeness (QED) is 0.254. The van der Waals surface area contributed by atoms with Gasteiger partial charge in [0.05, 0.1) is 19.6 Å². The summed E-state index contributed by atoms with van der Waals surface area (Å²) in [4.78, 5) is 37.7. The highest BCUT2D eigenvalue weighted by Gasteiger charge is 2.50. The van der Waals surface area contributed by atoms with Crippen molar-refractivity contribution in [2.45, 2.75) is 31.4 Å². The summed E-state index contributed by atoms with van der Waals surface area (Å²) in [7, 11) is -3.17. The van der Waals surface area contributed by atoms with E-state index in [1.54, 1.807) is 18.2 Å². The molecule has 3 N–H and O–H groups in total. The molecule has 0 aliphatic carbocycles. The summed E-state index contributed by atoms with van der Waals surface area (Å²) in [5.74, 6) is 0.834. The third kappa shape index (κ3) is 5.64. The summed E-state index contributed by atoms with van der Waals surface area (Å²) < 4.78 is 36.6. The molecule has 1 unspecified atom stereocenters. The number of hydrogen-bond acceptors (Lipinski definition) is 9. The number of carbonyl (C=O) groups excluding carboxylic acids is 1. The molecular weight excluding hydrogens is 469 g/mol. The van der Waals surface area contributed by atoms with Gasteiger partial charge in [-0.15, -0.1) is 6.42 Å². The summed E-state index contributed by atoms with van der Waals surface area (Å²) in [6.45, 7) is 0.793. The van der Waals surface area contributed by atoms with Crippen molar-refractivity contribution >= 4 is 13.7 Å². The Labute approximate surface area is 194 Å². The lowest BCUT2D eigenvalue weighted by Gasteiger charge is -2.28. The van der Waals surface area contributed by atoms with Crippen molar-refractivity contribution in [2.24, 2.45) is 5.92 Å². The number of aliphatic hydroxyl groups is 1. The molecule has 1 fully saturated rings. The van der Waals surface area contributed by atoms with Gasteiger partial charge in [0.2, 0.25) is 0 Å². The minimum Gasteiger partial charge on any atom is -0.468 e. The number of para-hydroxylation sites is 1. The van der Waals surface area contributed by atoms with Gasteiger partial charge in [0.25, 0.3) is 5.56 Å². The standard InChI is InChI=1S/C21H24N3O9P/c1-4-15-18(16(12-25)31-19(15)24-11-10-17(26)22-21(24)28)33-34(29,23-13(2)20(27)30-3)32-14-8-6-5-7-9-14/h1,5-11,13,15-16,18-19,25H,12H2,2-3H3,(H,23,29)(H,22,26,28)/t13?,15-,16-,18+,19+,34+/m1/s1. The molecule has 12 nitrogen and oxygen atoms in total. The van der Waals surface area contributed by atoms with E-state index in [1.165, 1.54) is 25.3 Å². The number of terminal acetylenes is 1. The predicted octanol–water partition coefficient (Wildman–Crippen LogP) is 0.399. The molecule has 0 saturated carbocycles. The molecule has 182 valence electrons. The molecule has 34 heavy (non-hydrogen) atoms. The van der Waals surface area contributed by atoms with Crippen LogP contribution in [0.4, 0.5) is 0 Å². The Morgan fingerprint density at radius 1 is 1.35 bits per heavy atom. The third-order valence-electron chi connectivity index (χ3n) is 4.98. The Balaban J connectivity index is 1.96. The van der Waals surface area contributed by atoms with Crippen LogP contribution in [0.15, 0.2) is 52.2 Å². The van der Waals surface area contributed by atoms with Crippen LogP contribution in [0.25, 0.3) is 0 Å². The lowest BCUT2D eigenvalue weighted by atomic mass is 10.0. The van der Waals surface area contributed by atoms with Gasteiger partial charge in [0, 0.05) is 12.3 Å². The van der Waals surface area contributed by atoms with Gasteiger partial charge in [-0.3, -0.25) is 23.7 Å². The van der Waals surface area contributed by atoms with E-state index >= 15 is 0 Å². The highest BCUT2D eigenvalue weighted by Crippen LogP contribution is 2.50. The first-order valence-corrected chi connectivity index (χ1v) is 11.7. The molecule has 6 atom stereocenters. The first-order valence-electron chi connectivity index (χ1n) is 10.1. The Kier molecular flexibility index (Phi) is 8.09. The highest BCUT2D eigenvalue weighted by atomic mass is 31.2. The molecular formula is C21H24N3O9P. The van der Waals surface area contributed by atoms with Gasteiger partial charge >= 0.3 is 19.4 Å². The van der Waals surface area contributed by atoms with Crippen LogP contribution in [0.2, 0.25) is 0 Å². The van der Waals surface area contributed by atoms with E-state index in [0.717, 1.165) is 17.7 Å². The molecule has 1 saturated heterocycles. The second kappa shape index (κ2) is 10.8. The topological polar surface area (TPSA) is 158 Å². The van der Waals surface area contributed by atoms with E-state index < -0.39 is 62.0 Å². The number of nitrogens with one attached hydrogen (secondary N) is 2. The lowest BCUT2D eigenvalue weighted by Crippen LogP contribution is -2.39. The lowest BCUT2D eigenvalue weighted by molar-refractivity contribution is -0.142. The Hall–Kier alpha value is -3.20. The fraction of sp³-hybridized carbons (Fsp3) is 0.381. The first kappa shape index (κ1) is 25.4. The molecule has 13 heteroatoms. The molecule has 1 aliphatic rings. The predicted molar refractivity (Wildman–Crippen MR) is 119 cm³/mol. The smallest absolute Gasteiger partial charge is 0.459 e. The van der Waals surface area contributed by atoms with Crippen molar-refractivity contribution in [2.75, 3.05) is 13.7 Å². The monoisotopic (exact) mass is 493 g/mol. The molecule has 3 rings (SSSR count). The number of esters is 1. The Morgan fingerprint density at radius 3 is 2.65 bits per heavy atom. The van der Waals surface area contributed by atoms with Crippen LogP contribution >= 0.6 is 7.75 Å². The Morgan fingerprint density at radius 2 is 2.06 bits per heavy atom. The number of H-pyrrole nitrogens is 1. The van der Waals surface area contributed by atoms with Crippen LogP contribution in [0.5, 0.6) is 5.75 Å². The molecule has 1 aliphatic heterocycles. The fourth-order valence-corrected chi connectivity index (χ4v) is 5.11. The van der Waals surface area contributed by atoms with Gasteiger partial charge in [-0.05, 0) is 19.1 Å². The zero-order chi connectivity index (χ0) is 24.9.